The summed E-state index contributed by atoms with van der Waals surface area (Å²) >= 11 is 1.54. The van der Waals surface area contributed by atoms with Crippen molar-refractivity contribution in [3.8, 4) is 22.9 Å². The van der Waals surface area contributed by atoms with Crippen molar-refractivity contribution in [1.82, 2.24) is 15.1 Å². The molecule has 1 aromatic heterocycles. The number of fused-ring (bicyclic) bond motifs is 2. The van der Waals surface area contributed by atoms with Crippen LogP contribution in [0.15, 0.2) is 42.5 Å². The Kier molecular flexibility index (Phi) is 6.45. The van der Waals surface area contributed by atoms with Gasteiger partial charge in [-0.15, -0.1) is 11.8 Å². The topological polar surface area (TPSA) is 94.9 Å². The zero-order valence-electron chi connectivity index (χ0n) is 22.5. The van der Waals surface area contributed by atoms with E-state index in [0.29, 0.717) is 17.3 Å². The van der Waals surface area contributed by atoms with Gasteiger partial charge in [0.15, 0.2) is 11.5 Å². The first-order valence-corrected chi connectivity index (χ1v) is 14.2. The number of ether oxygens (including phenoxy) is 3. The van der Waals surface area contributed by atoms with Crippen LogP contribution in [0.3, 0.4) is 0 Å². The second kappa shape index (κ2) is 9.82. The summed E-state index contributed by atoms with van der Waals surface area (Å²) in [6.45, 7) is 6.47. The van der Waals surface area contributed by atoms with Crippen LogP contribution in [0.1, 0.15) is 55.7 Å². The first-order chi connectivity index (χ1) is 18.7. The molecule has 1 aliphatic carbocycles. The van der Waals surface area contributed by atoms with Gasteiger partial charge in [0, 0.05) is 17.0 Å². The SMILES string of the molecule is COc1ccc(-n2nc(C(C)(C)C)c3c2N(CC(=O)NC2CC2)C(=O)CSC3c2ccc3c(c2)OCO3)cc1. The minimum Gasteiger partial charge on any atom is -0.497 e. The molecule has 10 heteroatoms. The fraction of sp³-hybridized carbons (Fsp3) is 0.414. The van der Waals surface area contributed by atoms with Crippen molar-refractivity contribution in [2.24, 2.45) is 0 Å². The quantitative estimate of drug-likeness (QED) is 0.489. The normalized spacial score (nSPS) is 18.5. The lowest BCUT2D eigenvalue weighted by Crippen LogP contribution is -2.43. The van der Waals surface area contributed by atoms with Gasteiger partial charge < -0.3 is 19.5 Å². The molecule has 0 bridgehead atoms. The van der Waals surface area contributed by atoms with Gasteiger partial charge in [-0.25, -0.2) is 4.68 Å². The highest BCUT2D eigenvalue weighted by atomic mass is 32.2. The van der Waals surface area contributed by atoms with E-state index in [9.17, 15) is 9.59 Å². The van der Waals surface area contributed by atoms with Gasteiger partial charge in [-0.3, -0.25) is 14.5 Å². The highest BCUT2D eigenvalue weighted by Crippen LogP contribution is 2.50. The average Bonchev–Trinajstić information content (AvgIpc) is 3.47. The monoisotopic (exact) mass is 548 g/mol. The molecule has 0 radical (unpaired) electrons. The Morgan fingerprint density at radius 3 is 2.56 bits per heavy atom. The third kappa shape index (κ3) is 4.93. The lowest BCUT2D eigenvalue weighted by Gasteiger charge is -2.24. The maximum Gasteiger partial charge on any atom is 0.240 e. The molecular formula is C29H32N4O5S. The molecule has 6 rings (SSSR count). The van der Waals surface area contributed by atoms with E-state index in [-0.39, 0.29) is 47.6 Å². The molecule has 3 aromatic rings. The molecule has 3 aliphatic rings. The second-order valence-electron chi connectivity index (χ2n) is 11.1. The Labute approximate surface area is 231 Å². The Morgan fingerprint density at radius 1 is 1.13 bits per heavy atom. The molecule has 39 heavy (non-hydrogen) atoms. The van der Waals surface area contributed by atoms with Crippen LogP contribution >= 0.6 is 11.8 Å². The molecular weight excluding hydrogens is 516 g/mol. The lowest BCUT2D eigenvalue weighted by atomic mass is 9.87. The van der Waals surface area contributed by atoms with E-state index in [0.717, 1.165) is 41.1 Å². The number of carbonyl (C=O) groups excluding carboxylic acids is 2. The maximum absolute atomic E-state index is 13.7. The number of thioether (sulfide) groups is 1. The first-order valence-electron chi connectivity index (χ1n) is 13.1. The summed E-state index contributed by atoms with van der Waals surface area (Å²) in [5, 5.41) is 7.95. The van der Waals surface area contributed by atoms with Crippen molar-refractivity contribution >= 4 is 29.4 Å². The number of benzene rings is 2. The van der Waals surface area contributed by atoms with Crippen molar-refractivity contribution in [2.45, 2.75) is 50.3 Å². The highest BCUT2D eigenvalue weighted by Gasteiger charge is 2.40. The summed E-state index contributed by atoms with van der Waals surface area (Å²) in [6, 6.07) is 13.7. The van der Waals surface area contributed by atoms with Crippen molar-refractivity contribution in [1.29, 1.82) is 0 Å². The van der Waals surface area contributed by atoms with Crippen LogP contribution in [0, 0.1) is 0 Å². The van der Waals surface area contributed by atoms with Crippen LogP contribution in [0.5, 0.6) is 17.2 Å². The van der Waals surface area contributed by atoms with Crippen LogP contribution in [0.25, 0.3) is 5.69 Å². The van der Waals surface area contributed by atoms with Crippen molar-refractivity contribution in [3.63, 3.8) is 0 Å². The summed E-state index contributed by atoms with van der Waals surface area (Å²) in [7, 11) is 1.62. The zero-order chi connectivity index (χ0) is 27.3. The summed E-state index contributed by atoms with van der Waals surface area (Å²) in [4.78, 5) is 28.4. The van der Waals surface area contributed by atoms with Crippen molar-refractivity contribution < 1.29 is 23.8 Å². The van der Waals surface area contributed by atoms with E-state index < -0.39 is 0 Å². The second-order valence-corrected chi connectivity index (χ2v) is 12.2. The molecule has 9 nitrogen and oxygen atoms in total. The largest absolute Gasteiger partial charge is 0.497 e. The molecule has 3 heterocycles. The highest BCUT2D eigenvalue weighted by molar-refractivity contribution is 8.00. The maximum atomic E-state index is 13.7. The summed E-state index contributed by atoms with van der Waals surface area (Å²) in [6.07, 6.45) is 1.95. The molecule has 1 saturated carbocycles. The average molecular weight is 549 g/mol. The van der Waals surface area contributed by atoms with Gasteiger partial charge >= 0.3 is 0 Å². The third-order valence-electron chi connectivity index (χ3n) is 7.06. The van der Waals surface area contributed by atoms with Gasteiger partial charge in [0.25, 0.3) is 0 Å². The minimum absolute atomic E-state index is 0.0673. The Hall–Kier alpha value is -3.66. The third-order valence-corrected chi connectivity index (χ3v) is 8.31. The molecule has 2 aromatic carbocycles. The number of carbonyl (C=O) groups is 2. The van der Waals surface area contributed by atoms with E-state index >= 15 is 0 Å². The Bertz CT molecular complexity index is 1420. The number of hydrogen-bond donors (Lipinski definition) is 1. The van der Waals surface area contributed by atoms with Crippen LogP contribution in [0.4, 0.5) is 5.82 Å². The van der Waals surface area contributed by atoms with Gasteiger partial charge in [-0.2, -0.15) is 5.10 Å². The first kappa shape index (κ1) is 25.6. The van der Waals surface area contributed by atoms with Gasteiger partial charge in [-0.1, -0.05) is 26.8 Å². The minimum atomic E-state index is -0.341. The molecule has 2 aliphatic heterocycles. The predicted molar refractivity (Wildman–Crippen MR) is 149 cm³/mol. The van der Waals surface area contributed by atoms with E-state index in [2.05, 4.69) is 26.1 Å². The van der Waals surface area contributed by atoms with E-state index in [1.165, 1.54) is 0 Å². The molecule has 0 spiro atoms. The Morgan fingerprint density at radius 2 is 1.87 bits per heavy atom. The lowest BCUT2D eigenvalue weighted by molar-refractivity contribution is -0.123. The Balaban J connectivity index is 1.55. The van der Waals surface area contributed by atoms with E-state index in [4.69, 9.17) is 19.3 Å². The summed E-state index contributed by atoms with van der Waals surface area (Å²) in [5.74, 6) is 2.65. The number of methoxy groups -OCH3 is 1. The van der Waals surface area contributed by atoms with E-state index in [1.807, 2.05) is 47.1 Å². The fourth-order valence-corrected chi connectivity index (χ4v) is 6.15. The standard InChI is InChI=1S/C29H32N4O5S/c1-29(2,3)27-25-26(17-5-12-21-22(13-17)38-16-37-21)39-15-24(35)32(14-23(34)30-18-6-7-18)28(25)33(31-27)19-8-10-20(36-4)11-9-19/h5,8-13,18,26H,6-7,14-16H2,1-4H3,(H,30,34). The zero-order valence-corrected chi connectivity index (χ0v) is 23.3. The molecule has 2 amide bonds. The number of nitrogens with zero attached hydrogens (tertiary/aromatic N) is 3. The van der Waals surface area contributed by atoms with Crippen LogP contribution in [-0.2, 0) is 15.0 Å². The number of amides is 2. The number of rotatable bonds is 6. The number of aromatic nitrogens is 2. The molecule has 204 valence electrons. The fourth-order valence-electron chi connectivity index (χ4n) is 4.96. The molecule has 1 atom stereocenters. The van der Waals surface area contributed by atoms with Gasteiger partial charge in [0.2, 0.25) is 18.6 Å². The van der Waals surface area contributed by atoms with Crippen LogP contribution in [-0.4, -0.2) is 53.8 Å². The van der Waals surface area contributed by atoms with Crippen molar-refractivity contribution in [3.05, 3.63) is 59.3 Å². The van der Waals surface area contributed by atoms with Gasteiger partial charge in [-0.05, 0) is 54.8 Å². The molecule has 0 saturated heterocycles. The molecule has 1 unspecified atom stereocenters. The molecule has 1 N–H and O–H groups in total. The van der Waals surface area contributed by atoms with Gasteiger partial charge in [0.1, 0.15) is 18.1 Å². The molecule has 1 fully saturated rings. The van der Waals surface area contributed by atoms with Crippen LogP contribution in [0.2, 0.25) is 0 Å². The van der Waals surface area contributed by atoms with Crippen molar-refractivity contribution in [2.75, 3.05) is 31.1 Å². The predicted octanol–water partition coefficient (Wildman–Crippen LogP) is 4.35. The smallest absolute Gasteiger partial charge is 0.240 e. The summed E-state index contributed by atoms with van der Waals surface area (Å²) < 4.78 is 18.4. The summed E-state index contributed by atoms with van der Waals surface area (Å²) in [5.41, 5.74) is 3.21. The van der Waals surface area contributed by atoms with Gasteiger partial charge in [0.05, 0.1) is 29.5 Å². The number of hydrogen-bond acceptors (Lipinski definition) is 7. The van der Waals surface area contributed by atoms with E-state index in [1.54, 1.807) is 23.8 Å². The number of anilines is 1. The van der Waals surface area contributed by atoms with Crippen LogP contribution < -0.4 is 24.4 Å². The number of nitrogens with one attached hydrogen (secondary N) is 1.